The lowest BCUT2D eigenvalue weighted by Gasteiger charge is -2.27. The molecule has 1 aromatic heterocycles. The number of nitrogens with zero attached hydrogens (tertiary/aromatic N) is 2. The lowest BCUT2D eigenvalue weighted by atomic mass is 10.0. The highest BCUT2D eigenvalue weighted by Crippen LogP contribution is 2.28. The lowest BCUT2D eigenvalue weighted by Crippen LogP contribution is -2.46. The molecule has 1 saturated heterocycles. The summed E-state index contributed by atoms with van der Waals surface area (Å²) in [4.78, 5) is 15.6. The maximum Gasteiger partial charge on any atom is 0.305 e. The van der Waals surface area contributed by atoms with Gasteiger partial charge in [0.1, 0.15) is 4.90 Å². The summed E-state index contributed by atoms with van der Waals surface area (Å²) in [7, 11) is -6.11. The van der Waals surface area contributed by atoms with Gasteiger partial charge in [-0.15, -0.1) is 0 Å². The minimum atomic E-state index is -3.93. The highest BCUT2D eigenvalue weighted by atomic mass is 32.2. The number of methoxy groups -OCH3 is 1. The van der Waals surface area contributed by atoms with Gasteiger partial charge in [-0.3, -0.25) is 9.78 Å². The van der Waals surface area contributed by atoms with Crippen molar-refractivity contribution < 1.29 is 26.4 Å². The zero-order chi connectivity index (χ0) is 22.6. The Hall–Kier alpha value is -2.08. The van der Waals surface area contributed by atoms with E-state index in [2.05, 4.69) is 14.4 Å². The van der Waals surface area contributed by atoms with Gasteiger partial charge in [0, 0.05) is 36.6 Å². The van der Waals surface area contributed by atoms with Crippen molar-refractivity contribution >= 4 is 36.9 Å². The average molecular weight is 470 g/mol. The third-order valence-corrected chi connectivity index (χ3v) is 8.30. The van der Waals surface area contributed by atoms with Crippen LogP contribution in [0.4, 0.5) is 0 Å². The number of rotatable bonds is 9. The monoisotopic (exact) mass is 469 g/mol. The summed E-state index contributed by atoms with van der Waals surface area (Å²) in [6.45, 7) is 0.238. The quantitative estimate of drug-likeness (QED) is 0.437. The first kappa shape index (κ1) is 23.6. The molecule has 1 aliphatic rings. The van der Waals surface area contributed by atoms with Crippen LogP contribution in [-0.2, 0) is 29.6 Å². The summed E-state index contributed by atoms with van der Waals surface area (Å²) < 4.78 is 59.6. The summed E-state index contributed by atoms with van der Waals surface area (Å²) in [5.41, 5.74) is 0.366. The Labute approximate surface area is 182 Å². The lowest BCUT2D eigenvalue weighted by molar-refractivity contribution is -0.140. The molecular weight excluding hydrogens is 442 g/mol. The number of ether oxygens (including phenoxy) is 1. The van der Waals surface area contributed by atoms with Crippen LogP contribution in [0, 0.1) is 0 Å². The predicted molar refractivity (Wildman–Crippen MR) is 116 cm³/mol. The second-order valence-electron chi connectivity index (χ2n) is 7.61. The number of nitrogens with one attached hydrogen (secondary N) is 1. The van der Waals surface area contributed by atoms with E-state index in [1.165, 1.54) is 23.7 Å². The number of benzene rings is 1. The Balaban J connectivity index is 1.81. The van der Waals surface area contributed by atoms with E-state index >= 15 is 0 Å². The second kappa shape index (κ2) is 9.60. The predicted octanol–water partition coefficient (Wildman–Crippen LogP) is 1.65. The molecule has 0 spiro atoms. The van der Waals surface area contributed by atoms with Crippen molar-refractivity contribution in [3.63, 3.8) is 0 Å². The Morgan fingerprint density at radius 2 is 1.94 bits per heavy atom. The van der Waals surface area contributed by atoms with Gasteiger partial charge >= 0.3 is 5.97 Å². The number of para-hydroxylation sites is 1. The highest BCUT2D eigenvalue weighted by Gasteiger charge is 2.40. The van der Waals surface area contributed by atoms with Gasteiger partial charge in [-0.25, -0.2) is 21.6 Å². The number of carbonyl (C=O) groups is 1. The number of pyridine rings is 1. The van der Waals surface area contributed by atoms with Crippen LogP contribution in [0.15, 0.2) is 41.4 Å². The summed E-state index contributed by atoms with van der Waals surface area (Å²) in [5, 5.41) is 0.703. The molecule has 9 nitrogen and oxygen atoms in total. The van der Waals surface area contributed by atoms with Crippen molar-refractivity contribution in [2.24, 2.45) is 0 Å². The standard InChI is InChI=1S/C20H27N3O6S2/c1-29-19(24)11-4-3-9-17-16(12-14-23(17)30(2,25)26)22-31(27,28)18-10-5-7-15-8-6-13-21-20(15)18/h5-8,10,13,16-17,22H,3-4,9,11-12,14H2,1-2H3/t16-,17+/m0/s1. The Morgan fingerprint density at radius 1 is 1.19 bits per heavy atom. The molecule has 1 N–H and O–H groups in total. The van der Waals surface area contributed by atoms with Gasteiger partial charge in [0.2, 0.25) is 20.0 Å². The number of aromatic nitrogens is 1. The molecule has 170 valence electrons. The third kappa shape index (κ3) is 5.59. The highest BCUT2D eigenvalue weighted by molar-refractivity contribution is 7.89. The molecule has 3 rings (SSSR count). The van der Waals surface area contributed by atoms with Crippen molar-refractivity contribution in [3.8, 4) is 0 Å². The molecule has 0 aliphatic carbocycles. The van der Waals surface area contributed by atoms with Gasteiger partial charge in [0.15, 0.2) is 0 Å². The number of unbranched alkanes of at least 4 members (excludes halogenated alkanes) is 1. The van der Waals surface area contributed by atoms with Crippen LogP contribution < -0.4 is 4.72 Å². The minimum absolute atomic E-state index is 0.0628. The van der Waals surface area contributed by atoms with E-state index in [1.54, 1.807) is 24.3 Å². The zero-order valence-electron chi connectivity index (χ0n) is 17.5. The van der Waals surface area contributed by atoms with Crippen LogP contribution in [0.2, 0.25) is 0 Å². The Kier molecular flexibility index (Phi) is 7.30. The van der Waals surface area contributed by atoms with Crippen LogP contribution >= 0.6 is 0 Å². The van der Waals surface area contributed by atoms with Crippen LogP contribution in [0.25, 0.3) is 10.9 Å². The molecule has 0 unspecified atom stereocenters. The van der Waals surface area contributed by atoms with E-state index in [9.17, 15) is 21.6 Å². The fraction of sp³-hybridized carbons (Fsp3) is 0.500. The average Bonchev–Trinajstić information content (AvgIpc) is 3.12. The largest absolute Gasteiger partial charge is 0.469 e. The summed E-state index contributed by atoms with van der Waals surface area (Å²) in [6.07, 6.45) is 4.80. The maximum atomic E-state index is 13.2. The van der Waals surface area contributed by atoms with Gasteiger partial charge in [0.25, 0.3) is 0 Å². The summed E-state index contributed by atoms with van der Waals surface area (Å²) in [6, 6.07) is 7.35. The van der Waals surface area contributed by atoms with E-state index in [4.69, 9.17) is 0 Å². The van der Waals surface area contributed by atoms with Crippen molar-refractivity contribution in [1.82, 2.24) is 14.0 Å². The topological polar surface area (TPSA) is 123 Å². The van der Waals surface area contributed by atoms with Crippen molar-refractivity contribution in [2.45, 2.75) is 49.1 Å². The first-order chi connectivity index (χ1) is 14.6. The second-order valence-corrected chi connectivity index (χ2v) is 11.2. The van der Waals surface area contributed by atoms with E-state index < -0.39 is 32.1 Å². The minimum Gasteiger partial charge on any atom is -0.469 e. The molecule has 2 heterocycles. The van der Waals surface area contributed by atoms with Crippen molar-refractivity contribution in [1.29, 1.82) is 0 Å². The first-order valence-corrected chi connectivity index (χ1v) is 13.4. The van der Waals surface area contributed by atoms with E-state index in [1.807, 2.05) is 0 Å². The zero-order valence-corrected chi connectivity index (χ0v) is 19.2. The smallest absolute Gasteiger partial charge is 0.305 e. The van der Waals surface area contributed by atoms with Crippen LogP contribution in [0.3, 0.4) is 0 Å². The number of esters is 1. The molecule has 2 aromatic rings. The van der Waals surface area contributed by atoms with E-state index in [-0.39, 0.29) is 23.8 Å². The van der Waals surface area contributed by atoms with Gasteiger partial charge in [0.05, 0.1) is 18.9 Å². The number of hydrogen-bond acceptors (Lipinski definition) is 7. The Morgan fingerprint density at radius 3 is 2.65 bits per heavy atom. The first-order valence-electron chi connectivity index (χ1n) is 10.0. The Bertz CT molecular complexity index is 1150. The number of carbonyl (C=O) groups excluding carboxylic acids is 1. The van der Waals surface area contributed by atoms with Crippen LogP contribution in [0.5, 0.6) is 0 Å². The van der Waals surface area contributed by atoms with Gasteiger partial charge < -0.3 is 4.74 Å². The SMILES string of the molecule is COC(=O)CCCC[C@@H]1[C@@H](NS(=O)(=O)c2cccc3cccnc23)CCN1S(C)(=O)=O. The number of fused-ring (bicyclic) bond motifs is 1. The molecule has 0 bridgehead atoms. The molecule has 0 amide bonds. The van der Waals surface area contributed by atoms with E-state index in [0.29, 0.717) is 36.6 Å². The maximum absolute atomic E-state index is 13.2. The van der Waals surface area contributed by atoms with Crippen molar-refractivity contribution in [2.75, 3.05) is 19.9 Å². The summed E-state index contributed by atoms with van der Waals surface area (Å²) in [5.74, 6) is -0.327. The van der Waals surface area contributed by atoms with Crippen LogP contribution in [0.1, 0.15) is 32.1 Å². The molecule has 11 heteroatoms. The van der Waals surface area contributed by atoms with E-state index in [0.717, 1.165) is 6.26 Å². The molecular formula is C20H27N3O6S2. The third-order valence-electron chi connectivity index (χ3n) is 5.47. The van der Waals surface area contributed by atoms with Crippen molar-refractivity contribution in [3.05, 3.63) is 36.5 Å². The summed E-state index contributed by atoms with van der Waals surface area (Å²) >= 11 is 0. The van der Waals surface area contributed by atoms with Gasteiger partial charge in [-0.1, -0.05) is 24.6 Å². The molecule has 2 atom stereocenters. The number of sulfonamides is 2. The van der Waals surface area contributed by atoms with Crippen LogP contribution in [-0.4, -0.2) is 64.1 Å². The molecule has 31 heavy (non-hydrogen) atoms. The normalized spacial score (nSPS) is 20.2. The van der Waals surface area contributed by atoms with Gasteiger partial charge in [-0.2, -0.15) is 4.31 Å². The molecule has 1 fully saturated rings. The van der Waals surface area contributed by atoms with Gasteiger partial charge in [-0.05, 0) is 31.4 Å². The molecule has 0 radical (unpaired) electrons. The fourth-order valence-electron chi connectivity index (χ4n) is 4.00. The fourth-order valence-corrected chi connectivity index (χ4v) is 6.66. The molecule has 1 aliphatic heterocycles. The molecule has 1 aromatic carbocycles. The molecule has 0 saturated carbocycles. The number of hydrogen-bond donors (Lipinski definition) is 1.